The third-order valence-corrected chi connectivity index (χ3v) is 4.58. The van der Waals surface area contributed by atoms with Crippen molar-refractivity contribution in [2.45, 2.75) is 26.8 Å². The normalized spacial score (nSPS) is 11.7. The molecule has 0 spiro atoms. The first-order chi connectivity index (χ1) is 15.4. The lowest BCUT2D eigenvalue weighted by atomic mass is 10.2. The zero-order chi connectivity index (χ0) is 23.7. The number of hydrogen-bond donors (Lipinski definition) is 0. The minimum absolute atomic E-state index is 0.234. The number of hydrogen-bond acceptors (Lipinski definition) is 8. The Morgan fingerprint density at radius 2 is 1.62 bits per heavy atom. The van der Waals surface area contributed by atoms with E-state index in [-0.39, 0.29) is 11.4 Å². The smallest absolute Gasteiger partial charge is 0.276 e. The van der Waals surface area contributed by atoms with E-state index in [9.17, 15) is 9.59 Å². The standard InChI is InChI=1S/C22H26ClN3O6/c1-6-31-16-8-10-17(19(13-16)32-7-2)24-25-21(14(3)27)22(28)26(23)18-11-9-15(29-4)12-20(18)30-5/h8-13,21H,6-7H2,1-5H3. The van der Waals surface area contributed by atoms with Crippen molar-refractivity contribution in [1.82, 2.24) is 0 Å². The highest BCUT2D eigenvalue weighted by molar-refractivity contribution is 6.39. The second-order valence-corrected chi connectivity index (χ2v) is 6.72. The van der Waals surface area contributed by atoms with Gasteiger partial charge in [0, 0.05) is 23.9 Å². The molecule has 0 aliphatic rings. The van der Waals surface area contributed by atoms with Crippen LogP contribution in [0.4, 0.5) is 11.4 Å². The Morgan fingerprint density at radius 3 is 2.22 bits per heavy atom. The fourth-order valence-corrected chi connectivity index (χ4v) is 2.93. The number of carbonyl (C=O) groups is 2. The molecule has 0 N–H and O–H groups in total. The van der Waals surface area contributed by atoms with Gasteiger partial charge in [-0.3, -0.25) is 9.59 Å². The van der Waals surface area contributed by atoms with Crippen molar-refractivity contribution in [1.29, 1.82) is 0 Å². The molecule has 10 heteroatoms. The van der Waals surface area contributed by atoms with Crippen LogP contribution in [0.25, 0.3) is 0 Å². The quantitative estimate of drug-likeness (QED) is 0.271. The predicted octanol–water partition coefficient (Wildman–Crippen LogP) is 4.73. The number of ketones is 1. The molecule has 0 aliphatic carbocycles. The van der Waals surface area contributed by atoms with Gasteiger partial charge in [-0.25, -0.2) is 4.42 Å². The number of rotatable bonds is 11. The van der Waals surface area contributed by atoms with Crippen LogP contribution in [0.5, 0.6) is 23.0 Å². The summed E-state index contributed by atoms with van der Waals surface area (Å²) in [7, 11) is 2.93. The molecule has 1 unspecified atom stereocenters. The van der Waals surface area contributed by atoms with Crippen LogP contribution in [0.15, 0.2) is 46.6 Å². The van der Waals surface area contributed by atoms with Crippen LogP contribution in [0.2, 0.25) is 0 Å². The molecule has 0 saturated carbocycles. The fourth-order valence-electron chi connectivity index (χ4n) is 2.70. The van der Waals surface area contributed by atoms with Gasteiger partial charge < -0.3 is 18.9 Å². The molecule has 0 fully saturated rings. The van der Waals surface area contributed by atoms with Gasteiger partial charge in [0.1, 0.15) is 34.4 Å². The second kappa shape index (κ2) is 11.9. The molecule has 2 rings (SSSR count). The van der Waals surface area contributed by atoms with Crippen molar-refractivity contribution in [3.63, 3.8) is 0 Å². The lowest BCUT2D eigenvalue weighted by Crippen LogP contribution is -2.36. The SMILES string of the molecule is CCOc1ccc(N=NC(C(C)=O)C(=O)N(Cl)c2ccc(OC)cc2OC)c(OCC)c1. The van der Waals surface area contributed by atoms with E-state index in [1.54, 1.807) is 30.3 Å². The van der Waals surface area contributed by atoms with Gasteiger partial charge in [-0.15, -0.1) is 0 Å². The molecule has 2 aromatic carbocycles. The third kappa shape index (κ3) is 6.10. The molecule has 9 nitrogen and oxygen atoms in total. The largest absolute Gasteiger partial charge is 0.497 e. The summed E-state index contributed by atoms with van der Waals surface area (Å²) < 4.78 is 22.2. The summed E-state index contributed by atoms with van der Waals surface area (Å²) in [6.07, 6.45) is 0. The first-order valence-electron chi connectivity index (χ1n) is 9.88. The molecule has 0 aliphatic heterocycles. The Balaban J connectivity index is 2.33. The highest BCUT2D eigenvalue weighted by Gasteiger charge is 2.30. The third-order valence-electron chi connectivity index (χ3n) is 4.23. The number of nitrogens with zero attached hydrogens (tertiary/aromatic N) is 3. The number of benzene rings is 2. The van der Waals surface area contributed by atoms with Gasteiger partial charge in [0.15, 0.2) is 5.78 Å². The van der Waals surface area contributed by atoms with Crippen molar-refractivity contribution in [2.75, 3.05) is 31.9 Å². The van der Waals surface area contributed by atoms with Gasteiger partial charge in [-0.05, 0) is 45.0 Å². The molecule has 0 aromatic heterocycles. The van der Waals surface area contributed by atoms with Crippen molar-refractivity contribution < 1.29 is 28.5 Å². The molecule has 32 heavy (non-hydrogen) atoms. The Kier molecular flexibility index (Phi) is 9.27. The summed E-state index contributed by atoms with van der Waals surface area (Å²) in [5.41, 5.74) is 0.579. The number of halogens is 1. The van der Waals surface area contributed by atoms with Gasteiger partial charge >= 0.3 is 0 Å². The second-order valence-electron chi connectivity index (χ2n) is 6.38. The van der Waals surface area contributed by atoms with Crippen LogP contribution in [0.1, 0.15) is 20.8 Å². The summed E-state index contributed by atoms with van der Waals surface area (Å²) in [6.45, 7) is 5.81. The first kappa shape index (κ1) is 24.9. The molecule has 0 saturated heterocycles. The summed E-state index contributed by atoms with van der Waals surface area (Å²) in [5.74, 6) is 0.516. The Labute approximate surface area is 192 Å². The number of methoxy groups -OCH3 is 2. The lowest BCUT2D eigenvalue weighted by Gasteiger charge is -2.19. The van der Waals surface area contributed by atoms with E-state index in [1.165, 1.54) is 27.2 Å². The molecular formula is C22H26ClN3O6. The first-order valence-corrected chi connectivity index (χ1v) is 10.2. The van der Waals surface area contributed by atoms with Crippen molar-refractivity contribution in [3.8, 4) is 23.0 Å². The topological polar surface area (TPSA) is 99.0 Å². The molecule has 0 heterocycles. The maximum atomic E-state index is 13.0. The van der Waals surface area contributed by atoms with Crippen LogP contribution >= 0.6 is 11.8 Å². The van der Waals surface area contributed by atoms with Crippen molar-refractivity contribution in [3.05, 3.63) is 36.4 Å². The maximum absolute atomic E-state index is 13.0. The van der Waals surface area contributed by atoms with E-state index in [1.807, 2.05) is 13.8 Å². The Hall–Kier alpha value is -3.33. The van der Waals surface area contributed by atoms with E-state index in [0.717, 1.165) is 4.42 Å². The number of Topliss-reactive ketones (excluding diaryl/α,β-unsaturated/α-hetero) is 1. The van der Waals surface area contributed by atoms with E-state index in [4.69, 9.17) is 30.7 Å². The molecular weight excluding hydrogens is 438 g/mol. The Morgan fingerprint density at radius 1 is 0.969 bits per heavy atom. The van der Waals surface area contributed by atoms with E-state index >= 15 is 0 Å². The molecule has 2 aromatic rings. The minimum Gasteiger partial charge on any atom is -0.497 e. The number of anilines is 1. The summed E-state index contributed by atoms with van der Waals surface area (Å²) in [5, 5.41) is 8.04. The van der Waals surface area contributed by atoms with Crippen LogP contribution in [0.3, 0.4) is 0 Å². The average molecular weight is 464 g/mol. The van der Waals surface area contributed by atoms with E-state index in [2.05, 4.69) is 10.2 Å². The van der Waals surface area contributed by atoms with Gasteiger partial charge in [-0.1, -0.05) is 0 Å². The van der Waals surface area contributed by atoms with E-state index in [0.29, 0.717) is 36.1 Å². The lowest BCUT2D eigenvalue weighted by molar-refractivity contribution is -0.126. The van der Waals surface area contributed by atoms with Crippen LogP contribution in [0, 0.1) is 0 Å². The highest BCUT2D eigenvalue weighted by atomic mass is 35.5. The van der Waals surface area contributed by atoms with Crippen molar-refractivity contribution >= 4 is 34.8 Å². The molecule has 172 valence electrons. The van der Waals surface area contributed by atoms with Gasteiger partial charge in [0.05, 0.1) is 27.4 Å². The molecule has 0 bridgehead atoms. The summed E-state index contributed by atoms with van der Waals surface area (Å²) in [6, 6.07) is 8.25. The molecule has 1 atom stereocenters. The zero-order valence-electron chi connectivity index (χ0n) is 18.6. The number of carbonyl (C=O) groups excluding carboxylic acids is 2. The van der Waals surface area contributed by atoms with Gasteiger partial charge in [0.25, 0.3) is 5.91 Å². The number of amides is 1. The highest BCUT2D eigenvalue weighted by Crippen LogP contribution is 2.35. The minimum atomic E-state index is -1.46. The monoisotopic (exact) mass is 463 g/mol. The zero-order valence-corrected chi connectivity index (χ0v) is 19.4. The average Bonchev–Trinajstić information content (AvgIpc) is 2.79. The fraction of sp³-hybridized carbons (Fsp3) is 0.364. The molecule has 0 radical (unpaired) electrons. The number of ether oxygens (including phenoxy) is 4. The van der Waals surface area contributed by atoms with Gasteiger partial charge in [-0.2, -0.15) is 10.2 Å². The number of azo groups is 1. The van der Waals surface area contributed by atoms with Crippen LogP contribution in [-0.2, 0) is 9.59 Å². The summed E-state index contributed by atoms with van der Waals surface area (Å²) >= 11 is 6.26. The molecule has 1 amide bonds. The summed E-state index contributed by atoms with van der Waals surface area (Å²) in [4.78, 5) is 25.1. The Bertz CT molecular complexity index is 982. The van der Waals surface area contributed by atoms with Crippen LogP contribution in [-0.4, -0.2) is 45.2 Å². The van der Waals surface area contributed by atoms with Crippen LogP contribution < -0.4 is 23.4 Å². The predicted molar refractivity (Wildman–Crippen MR) is 121 cm³/mol. The van der Waals surface area contributed by atoms with Gasteiger partial charge in [0.2, 0.25) is 6.04 Å². The van der Waals surface area contributed by atoms with Crippen molar-refractivity contribution in [2.24, 2.45) is 10.2 Å². The van der Waals surface area contributed by atoms with E-state index < -0.39 is 17.7 Å². The maximum Gasteiger partial charge on any atom is 0.276 e.